The first-order chi connectivity index (χ1) is 12.5. The number of halogens is 1. The summed E-state index contributed by atoms with van der Waals surface area (Å²) in [6.45, 7) is 8.43. The van der Waals surface area contributed by atoms with Crippen LogP contribution in [0.1, 0.15) is 43.9 Å². The molecule has 0 amide bonds. The number of carbonyl (C=O) groups is 1. The Morgan fingerprint density at radius 1 is 1.04 bits per heavy atom. The molecule has 0 unspecified atom stereocenters. The molecule has 0 heterocycles. The molecule has 0 bridgehead atoms. The van der Waals surface area contributed by atoms with Gasteiger partial charge in [-0.1, -0.05) is 37.6 Å². The van der Waals surface area contributed by atoms with Crippen molar-refractivity contribution in [2.75, 3.05) is 6.61 Å². The van der Waals surface area contributed by atoms with Crippen LogP contribution in [0.3, 0.4) is 0 Å². The van der Waals surface area contributed by atoms with E-state index in [1.165, 1.54) is 0 Å². The van der Waals surface area contributed by atoms with Gasteiger partial charge in [0.05, 0.1) is 12.2 Å². The van der Waals surface area contributed by atoms with Gasteiger partial charge in [-0.25, -0.2) is 0 Å². The minimum absolute atomic E-state index is 0.217. The fourth-order valence-corrected chi connectivity index (χ4v) is 2.71. The second kappa shape index (κ2) is 9.48. The summed E-state index contributed by atoms with van der Waals surface area (Å²) in [6.07, 6.45) is 1.13. The van der Waals surface area contributed by atoms with Gasteiger partial charge in [-0.2, -0.15) is 0 Å². The number of hydrogen-bond donors (Lipinski definition) is 0. The summed E-state index contributed by atoms with van der Waals surface area (Å²) in [6, 6.07) is 9.25. The lowest BCUT2D eigenvalue weighted by Crippen LogP contribution is -2.10. The monoisotopic (exact) mass is 376 g/mol. The van der Waals surface area contributed by atoms with E-state index < -0.39 is 0 Å². The molecular weight excluding hydrogens is 352 g/mol. The first kappa shape index (κ1) is 20.1. The van der Waals surface area contributed by atoms with Gasteiger partial charge < -0.3 is 14.2 Å². The molecule has 0 radical (unpaired) electrons. The predicted molar refractivity (Wildman–Crippen MR) is 103 cm³/mol. The van der Waals surface area contributed by atoms with Crippen LogP contribution in [-0.2, 0) is 17.8 Å². The molecule has 140 valence electrons. The molecule has 0 N–H and O–H groups in total. The molecule has 0 aliphatic heterocycles. The molecule has 2 rings (SSSR count). The Balaban J connectivity index is 2.33. The van der Waals surface area contributed by atoms with Crippen molar-refractivity contribution in [2.24, 2.45) is 0 Å². The van der Waals surface area contributed by atoms with Gasteiger partial charge in [-0.05, 0) is 49.6 Å². The molecule has 2 aromatic carbocycles. The maximum Gasteiger partial charge on any atom is 0.310 e. The Morgan fingerprint density at radius 3 is 2.42 bits per heavy atom. The van der Waals surface area contributed by atoms with Crippen molar-refractivity contribution in [3.8, 4) is 17.2 Å². The molecule has 2 aromatic rings. The summed E-state index contributed by atoms with van der Waals surface area (Å²) >= 11 is 6.25. The van der Waals surface area contributed by atoms with Crippen LogP contribution >= 0.6 is 11.6 Å². The second-order valence-corrected chi connectivity index (χ2v) is 6.25. The van der Waals surface area contributed by atoms with E-state index in [1.807, 2.05) is 32.0 Å². The normalized spacial score (nSPS) is 10.5. The van der Waals surface area contributed by atoms with Crippen LogP contribution in [-0.4, -0.2) is 12.6 Å². The highest BCUT2D eigenvalue weighted by Crippen LogP contribution is 2.33. The number of esters is 1. The van der Waals surface area contributed by atoms with E-state index in [-0.39, 0.29) is 12.6 Å². The largest absolute Gasteiger partial charge is 0.493 e. The number of aryl methyl sites for hydroxylation is 2. The fourth-order valence-electron chi connectivity index (χ4n) is 2.55. The van der Waals surface area contributed by atoms with E-state index in [0.717, 1.165) is 23.3 Å². The minimum atomic E-state index is -0.299. The van der Waals surface area contributed by atoms with E-state index in [4.69, 9.17) is 25.8 Å². The molecule has 0 aliphatic rings. The SMILES string of the molecule is CCOc1cccc(OC(=O)CC)c1COc1cc(Cl)c(C)cc1CC. The van der Waals surface area contributed by atoms with Gasteiger partial charge in [0, 0.05) is 11.4 Å². The predicted octanol–water partition coefficient (Wildman–Crippen LogP) is 5.50. The first-order valence-corrected chi connectivity index (χ1v) is 9.25. The number of carbonyl (C=O) groups excluding carboxylic acids is 1. The molecule has 0 aromatic heterocycles. The molecule has 26 heavy (non-hydrogen) atoms. The van der Waals surface area contributed by atoms with Crippen molar-refractivity contribution in [2.45, 2.75) is 47.1 Å². The summed E-state index contributed by atoms with van der Waals surface area (Å²) in [4.78, 5) is 11.7. The summed E-state index contributed by atoms with van der Waals surface area (Å²) in [7, 11) is 0. The van der Waals surface area contributed by atoms with Crippen LogP contribution in [0.5, 0.6) is 17.2 Å². The molecule has 5 heteroatoms. The molecule has 0 saturated heterocycles. The first-order valence-electron chi connectivity index (χ1n) is 8.87. The van der Waals surface area contributed by atoms with E-state index in [2.05, 4.69) is 6.92 Å². The molecule has 0 saturated carbocycles. The number of rotatable bonds is 8. The molecule has 0 fully saturated rings. The number of hydrogen-bond acceptors (Lipinski definition) is 4. The van der Waals surface area contributed by atoms with E-state index in [1.54, 1.807) is 19.1 Å². The Bertz CT molecular complexity index is 771. The number of benzene rings is 2. The van der Waals surface area contributed by atoms with Crippen LogP contribution in [0.4, 0.5) is 0 Å². The summed E-state index contributed by atoms with van der Waals surface area (Å²) < 4.78 is 17.2. The van der Waals surface area contributed by atoms with Crippen molar-refractivity contribution in [3.63, 3.8) is 0 Å². The average Bonchev–Trinajstić information content (AvgIpc) is 2.63. The second-order valence-electron chi connectivity index (χ2n) is 5.84. The average molecular weight is 377 g/mol. The third-order valence-corrected chi connectivity index (χ3v) is 4.40. The Kier molecular flexibility index (Phi) is 7.34. The van der Waals surface area contributed by atoms with Crippen molar-refractivity contribution >= 4 is 17.6 Å². The smallest absolute Gasteiger partial charge is 0.310 e. The molecular formula is C21H25ClO4. The van der Waals surface area contributed by atoms with E-state index in [0.29, 0.717) is 35.1 Å². The molecule has 0 spiro atoms. The van der Waals surface area contributed by atoms with Crippen LogP contribution in [0.15, 0.2) is 30.3 Å². The van der Waals surface area contributed by atoms with Crippen LogP contribution in [0.2, 0.25) is 5.02 Å². The maximum absolute atomic E-state index is 11.7. The zero-order valence-electron chi connectivity index (χ0n) is 15.7. The molecule has 0 aliphatic carbocycles. The quantitative estimate of drug-likeness (QED) is 0.450. The van der Waals surface area contributed by atoms with Crippen molar-refractivity contribution in [3.05, 3.63) is 52.0 Å². The minimum Gasteiger partial charge on any atom is -0.493 e. The highest BCUT2D eigenvalue weighted by Gasteiger charge is 2.15. The van der Waals surface area contributed by atoms with Gasteiger partial charge in [-0.15, -0.1) is 0 Å². The van der Waals surface area contributed by atoms with Gasteiger partial charge in [0.25, 0.3) is 0 Å². The van der Waals surface area contributed by atoms with Gasteiger partial charge in [0.1, 0.15) is 23.9 Å². The highest BCUT2D eigenvalue weighted by molar-refractivity contribution is 6.31. The summed E-state index contributed by atoms with van der Waals surface area (Å²) in [5.41, 5.74) is 2.80. The standard InChI is InChI=1S/C21H25ClO4/c1-5-15-11-14(4)17(22)12-20(15)25-13-16-18(24-7-3)9-8-10-19(16)26-21(23)6-2/h8-12H,5-7,13H2,1-4H3. The van der Waals surface area contributed by atoms with E-state index >= 15 is 0 Å². The third kappa shape index (κ3) is 4.92. The summed E-state index contributed by atoms with van der Waals surface area (Å²) in [5.74, 6) is 1.53. The van der Waals surface area contributed by atoms with Crippen LogP contribution in [0, 0.1) is 6.92 Å². The maximum atomic E-state index is 11.7. The fraction of sp³-hybridized carbons (Fsp3) is 0.381. The van der Waals surface area contributed by atoms with Crippen molar-refractivity contribution in [1.82, 2.24) is 0 Å². The topological polar surface area (TPSA) is 44.8 Å². The zero-order valence-corrected chi connectivity index (χ0v) is 16.5. The van der Waals surface area contributed by atoms with E-state index in [9.17, 15) is 4.79 Å². The van der Waals surface area contributed by atoms with Gasteiger partial charge >= 0.3 is 5.97 Å². The van der Waals surface area contributed by atoms with Crippen LogP contribution in [0.25, 0.3) is 0 Å². The Morgan fingerprint density at radius 2 is 1.77 bits per heavy atom. The lowest BCUT2D eigenvalue weighted by Gasteiger charge is -2.17. The van der Waals surface area contributed by atoms with Gasteiger partial charge in [0.2, 0.25) is 0 Å². The number of ether oxygens (including phenoxy) is 3. The van der Waals surface area contributed by atoms with Crippen LogP contribution < -0.4 is 14.2 Å². The van der Waals surface area contributed by atoms with Gasteiger partial charge in [-0.3, -0.25) is 4.79 Å². The molecule has 0 atom stereocenters. The zero-order chi connectivity index (χ0) is 19.1. The lowest BCUT2D eigenvalue weighted by atomic mass is 10.1. The third-order valence-electron chi connectivity index (χ3n) is 4.00. The highest BCUT2D eigenvalue weighted by atomic mass is 35.5. The molecule has 4 nitrogen and oxygen atoms in total. The van der Waals surface area contributed by atoms with Crippen molar-refractivity contribution in [1.29, 1.82) is 0 Å². The lowest BCUT2D eigenvalue weighted by molar-refractivity contribution is -0.134. The summed E-state index contributed by atoms with van der Waals surface area (Å²) in [5, 5.41) is 0.660. The Hall–Kier alpha value is -2.20. The Labute approximate surface area is 160 Å². The van der Waals surface area contributed by atoms with Gasteiger partial charge in [0.15, 0.2) is 0 Å². The van der Waals surface area contributed by atoms with Crippen molar-refractivity contribution < 1.29 is 19.0 Å².